The number of carbonyl (C=O) groups excluding carboxylic acids is 2. The van der Waals surface area contributed by atoms with Crippen molar-refractivity contribution in [3.8, 4) is 0 Å². The van der Waals surface area contributed by atoms with Gasteiger partial charge in [-0.2, -0.15) is 0 Å². The van der Waals surface area contributed by atoms with E-state index in [0.717, 1.165) is 16.3 Å². The number of ketones is 1. The SMILES string of the molecule is CCC1(CSN(C)C(=O)C2(F)P(F)C(F)(P)C2(F)P)C(=O)CC(C)C1(C)C. The van der Waals surface area contributed by atoms with Gasteiger partial charge in [-0.05, 0) is 29.7 Å². The molecule has 156 valence electrons. The summed E-state index contributed by atoms with van der Waals surface area (Å²) in [4.78, 5) is 25.1. The minimum absolute atomic E-state index is 0.0702. The molecule has 2 fully saturated rings. The van der Waals surface area contributed by atoms with Gasteiger partial charge in [-0.1, -0.05) is 46.2 Å². The maximum atomic E-state index is 14.9. The Balaban J connectivity index is 2.20. The summed E-state index contributed by atoms with van der Waals surface area (Å²) in [5.41, 5.74) is -1.07. The Morgan fingerprint density at radius 1 is 1.33 bits per heavy atom. The van der Waals surface area contributed by atoms with Gasteiger partial charge in [0.1, 0.15) is 5.78 Å². The summed E-state index contributed by atoms with van der Waals surface area (Å²) in [7, 11) is 0.148. The molecule has 11 heteroatoms. The van der Waals surface area contributed by atoms with E-state index in [4.69, 9.17) is 0 Å². The highest BCUT2D eigenvalue weighted by molar-refractivity contribution is 7.97. The smallest absolute Gasteiger partial charge is 0.281 e. The van der Waals surface area contributed by atoms with E-state index in [-0.39, 0.29) is 22.9 Å². The molecule has 0 N–H and O–H groups in total. The van der Waals surface area contributed by atoms with Crippen LogP contribution in [0.4, 0.5) is 17.4 Å². The van der Waals surface area contributed by atoms with E-state index in [0.29, 0.717) is 12.8 Å². The number of halogens is 4. The van der Waals surface area contributed by atoms with Crippen molar-refractivity contribution in [2.45, 2.75) is 56.5 Å². The van der Waals surface area contributed by atoms with Gasteiger partial charge in [-0.3, -0.25) is 13.9 Å². The minimum Gasteiger partial charge on any atom is -0.299 e. The summed E-state index contributed by atoms with van der Waals surface area (Å²) in [6, 6.07) is 0. The Morgan fingerprint density at radius 2 is 1.85 bits per heavy atom. The minimum atomic E-state index is -3.68. The third-order valence-electron chi connectivity index (χ3n) is 6.72. The molecular formula is C16H26F4NO2P3S. The third kappa shape index (κ3) is 2.87. The fraction of sp³-hybridized carbons (Fsp3) is 0.875. The molecule has 2 rings (SSSR count). The number of Topliss-reactive ketones (excluding diaryl/α,β-unsaturated/α-hetero) is 1. The van der Waals surface area contributed by atoms with Gasteiger partial charge in [0.15, 0.2) is 8.23 Å². The lowest BCUT2D eigenvalue weighted by molar-refractivity contribution is -0.142. The van der Waals surface area contributed by atoms with Gasteiger partial charge in [0, 0.05) is 24.6 Å². The van der Waals surface area contributed by atoms with E-state index in [1.807, 2.05) is 27.7 Å². The van der Waals surface area contributed by atoms with Crippen LogP contribution in [0, 0.1) is 16.7 Å². The Kier molecular flexibility index (Phi) is 6.19. The second kappa shape index (κ2) is 7.03. The monoisotopic (exact) mass is 465 g/mol. The first kappa shape index (κ1) is 23.8. The fourth-order valence-electron chi connectivity index (χ4n) is 3.98. The lowest BCUT2D eigenvalue weighted by atomic mass is 9.64. The van der Waals surface area contributed by atoms with Crippen molar-refractivity contribution in [1.29, 1.82) is 0 Å². The summed E-state index contributed by atoms with van der Waals surface area (Å²) in [5.74, 6) is -1.07. The highest BCUT2D eigenvalue weighted by Crippen LogP contribution is 2.86. The van der Waals surface area contributed by atoms with E-state index < -0.39 is 35.5 Å². The molecule has 0 aromatic heterocycles. The fourth-order valence-corrected chi connectivity index (χ4v) is 8.59. The Labute approximate surface area is 167 Å². The number of carbonyl (C=O) groups is 2. The molecule has 8 atom stereocenters. The Hall–Kier alpha value is 0.500. The first-order chi connectivity index (χ1) is 12.1. The zero-order valence-electron chi connectivity index (χ0n) is 16.0. The van der Waals surface area contributed by atoms with Crippen LogP contribution in [-0.4, -0.2) is 44.8 Å². The number of hydrogen-bond acceptors (Lipinski definition) is 3. The highest BCUT2D eigenvalue weighted by Gasteiger charge is 2.87. The van der Waals surface area contributed by atoms with Gasteiger partial charge >= 0.3 is 0 Å². The second-order valence-corrected chi connectivity index (χ2v) is 13.1. The van der Waals surface area contributed by atoms with Crippen LogP contribution >= 0.6 is 38.7 Å². The summed E-state index contributed by atoms with van der Waals surface area (Å²) in [6.07, 6.45) is 0.948. The molecule has 1 heterocycles. The zero-order valence-corrected chi connectivity index (χ0v) is 20.0. The van der Waals surface area contributed by atoms with Crippen LogP contribution in [-0.2, 0) is 9.59 Å². The molecule has 1 aliphatic heterocycles. The van der Waals surface area contributed by atoms with Crippen LogP contribution in [0.25, 0.3) is 0 Å². The van der Waals surface area contributed by atoms with Crippen LogP contribution in [0.15, 0.2) is 0 Å². The van der Waals surface area contributed by atoms with Crippen LogP contribution < -0.4 is 0 Å². The van der Waals surface area contributed by atoms with Crippen LogP contribution in [0.2, 0.25) is 0 Å². The molecule has 0 radical (unpaired) electrons. The summed E-state index contributed by atoms with van der Waals surface area (Å²) in [6.45, 7) is 7.84. The molecule has 8 unspecified atom stereocenters. The first-order valence-corrected chi connectivity index (χ1v) is 11.9. The van der Waals surface area contributed by atoms with Crippen molar-refractivity contribution in [3.05, 3.63) is 0 Å². The molecule has 1 saturated carbocycles. The predicted molar refractivity (Wildman–Crippen MR) is 109 cm³/mol. The molecule has 0 bridgehead atoms. The normalized spacial score (nSPS) is 46.3. The van der Waals surface area contributed by atoms with E-state index in [1.165, 1.54) is 25.5 Å². The van der Waals surface area contributed by atoms with E-state index >= 15 is 0 Å². The quantitative estimate of drug-likeness (QED) is 0.318. The molecule has 0 aromatic rings. The topological polar surface area (TPSA) is 37.4 Å². The van der Waals surface area contributed by atoms with Crippen LogP contribution in [0.5, 0.6) is 0 Å². The van der Waals surface area contributed by atoms with Gasteiger partial charge in [0.2, 0.25) is 10.6 Å². The molecule has 1 amide bonds. The lowest BCUT2D eigenvalue weighted by Crippen LogP contribution is -2.68. The highest BCUT2D eigenvalue weighted by atomic mass is 32.2. The van der Waals surface area contributed by atoms with E-state index in [2.05, 4.69) is 0 Å². The third-order valence-corrected chi connectivity index (χ3v) is 12.6. The number of alkyl halides is 3. The lowest BCUT2D eigenvalue weighted by Gasteiger charge is -2.55. The molecule has 1 saturated heterocycles. The average Bonchev–Trinajstić information content (AvgIpc) is 2.75. The predicted octanol–water partition coefficient (Wildman–Crippen LogP) is 5.21. The maximum absolute atomic E-state index is 14.9. The van der Waals surface area contributed by atoms with Gasteiger partial charge in [-0.15, -0.1) is 0 Å². The van der Waals surface area contributed by atoms with Crippen molar-refractivity contribution in [2.75, 3.05) is 12.8 Å². The number of nitrogens with zero attached hydrogens (tertiary/aromatic N) is 1. The van der Waals surface area contributed by atoms with Gasteiger partial charge in [-0.25, -0.2) is 17.4 Å². The molecule has 3 nitrogen and oxygen atoms in total. The molecule has 1 aliphatic carbocycles. The van der Waals surface area contributed by atoms with E-state index in [1.54, 1.807) is 0 Å². The Bertz CT molecular complexity index is 666. The van der Waals surface area contributed by atoms with Crippen molar-refractivity contribution < 1.29 is 27.0 Å². The first-order valence-electron chi connectivity index (χ1n) is 8.60. The maximum Gasteiger partial charge on any atom is 0.281 e. The molecule has 0 spiro atoms. The van der Waals surface area contributed by atoms with Crippen LogP contribution in [0.1, 0.15) is 40.5 Å². The second-order valence-electron chi connectivity index (χ2n) is 8.05. The van der Waals surface area contributed by atoms with Gasteiger partial charge < -0.3 is 0 Å². The molecule has 0 aromatic carbocycles. The molecular weight excluding hydrogens is 439 g/mol. The van der Waals surface area contributed by atoms with Crippen molar-refractivity contribution in [2.24, 2.45) is 16.7 Å². The van der Waals surface area contributed by atoms with Crippen molar-refractivity contribution in [1.82, 2.24) is 4.31 Å². The summed E-state index contributed by atoms with van der Waals surface area (Å²) >= 11 is 0.854. The summed E-state index contributed by atoms with van der Waals surface area (Å²) < 4.78 is 58.3. The number of rotatable bonds is 5. The summed E-state index contributed by atoms with van der Waals surface area (Å²) in [5, 5.41) is -10.1. The average molecular weight is 465 g/mol. The Morgan fingerprint density at radius 3 is 2.22 bits per heavy atom. The molecule has 27 heavy (non-hydrogen) atoms. The molecule has 2 aliphatic rings. The van der Waals surface area contributed by atoms with Crippen molar-refractivity contribution in [3.63, 3.8) is 0 Å². The van der Waals surface area contributed by atoms with Crippen molar-refractivity contribution >= 4 is 50.4 Å². The van der Waals surface area contributed by atoms with Crippen LogP contribution in [0.3, 0.4) is 0 Å². The zero-order chi connectivity index (χ0) is 21.2. The largest absolute Gasteiger partial charge is 0.299 e. The van der Waals surface area contributed by atoms with E-state index in [9.17, 15) is 27.0 Å². The number of hydrogen-bond donors (Lipinski definition) is 0. The number of amides is 1. The standard InChI is InChI=1S/C16H26F4NO2P3S/c1-6-13(10(22)7-9(2)12(13,3)4)8-27-21(5)11(23)14(17)15(18,24)16(19,25)26(14)20/h9H,6-8,24-25H2,1-5H3. The van der Waals surface area contributed by atoms with Gasteiger partial charge in [0.25, 0.3) is 11.3 Å². The van der Waals surface area contributed by atoms with Gasteiger partial charge in [0.05, 0.1) is 0 Å².